The number of aromatic nitrogens is 1. The fourth-order valence-corrected chi connectivity index (χ4v) is 0.914. The lowest BCUT2D eigenvalue weighted by atomic mass is 10.3. The minimum absolute atomic E-state index is 1.09. The average Bonchev–Trinajstić information content (AvgIpc) is 2.31. The lowest BCUT2D eigenvalue weighted by Gasteiger charge is -1.76. The summed E-state index contributed by atoms with van der Waals surface area (Å²) in [5, 5.41) is 2.18. The van der Waals surface area contributed by atoms with Gasteiger partial charge in [-0.15, -0.1) is 0 Å². The van der Waals surface area contributed by atoms with Crippen molar-refractivity contribution in [2.75, 3.05) is 0 Å². The molecule has 0 saturated carbocycles. The highest BCUT2D eigenvalue weighted by Gasteiger charge is 1.86. The van der Waals surface area contributed by atoms with Crippen molar-refractivity contribution in [3.8, 4) is 0 Å². The zero-order valence-electron chi connectivity index (χ0n) is 7.02. The van der Waals surface area contributed by atoms with Crippen LogP contribution in [0.25, 0.3) is 12.7 Å². The molecule has 1 rings (SSSR count). The van der Waals surface area contributed by atoms with Gasteiger partial charge in [-0.3, -0.25) is 0 Å². The van der Waals surface area contributed by atoms with Gasteiger partial charge >= 0.3 is 0 Å². The monoisotopic (exact) mass is 147 g/mol. The van der Waals surface area contributed by atoms with E-state index < -0.39 is 0 Å². The van der Waals surface area contributed by atoms with Crippen molar-refractivity contribution in [2.24, 2.45) is 0 Å². The summed E-state index contributed by atoms with van der Waals surface area (Å²) in [7, 11) is 0. The third kappa shape index (κ3) is 1.61. The van der Waals surface area contributed by atoms with Gasteiger partial charge in [0.25, 0.3) is 0 Å². The number of hydrogen-bond acceptors (Lipinski definition) is 0. The van der Waals surface area contributed by atoms with Crippen LogP contribution in [0.4, 0.5) is 0 Å². The predicted octanol–water partition coefficient (Wildman–Crippen LogP) is 1.09. The molecule has 0 radical (unpaired) electrons. The first-order valence-electron chi connectivity index (χ1n) is 3.71. The van der Waals surface area contributed by atoms with Gasteiger partial charge in [-0.25, -0.2) is 0 Å². The van der Waals surface area contributed by atoms with E-state index in [0.29, 0.717) is 0 Å². The number of aromatic amines is 1. The topological polar surface area (TPSA) is 15.8 Å². The van der Waals surface area contributed by atoms with Gasteiger partial charge in [0.05, 0.1) is 0 Å². The first-order chi connectivity index (χ1) is 5.25. The molecule has 1 N–H and O–H groups in total. The number of rotatable bonds is 1. The summed E-state index contributed by atoms with van der Waals surface area (Å²) < 4.78 is 0. The Labute approximate surface area is 66.8 Å². The summed E-state index contributed by atoms with van der Waals surface area (Å²) in [6, 6.07) is 0. The SMILES string of the molecule is C=c1c(C)c[nH]/c1=C/C=C\C. The molecule has 1 aromatic heterocycles. The van der Waals surface area contributed by atoms with Crippen LogP contribution < -0.4 is 10.6 Å². The Kier molecular flexibility index (Phi) is 2.32. The molecule has 0 unspecified atom stereocenters. The Hall–Kier alpha value is -1.24. The van der Waals surface area contributed by atoms with Gasteiger partial charge in [0.1, 0.15) is 0 Å². The molecule has 0 fully saturated rings. The Balaban J connectivity index is 3.25. The van der Waals surface area contributed by atoms with Crippen LogP contribution >= 0.6 is 0 Å². The largest absolute Gasteiger partial charge is 0.361 e. The highest BCUT2D eigenvalue weighted by Crippen LogP contribution is 1.78. The Bertz CT molecular complexity index is 355. The van der Waals surface area contributed by atoms with Crippen molar-refractivity contribution in [2.45, 2.75) is 13.8 Å². The maximum atomic E-state index is 3.94. The van der Waals surface area contributed by atoms with E-state index in [1.54, 1.807) is 0 Å². The summed E-state index contributed by atoms with van der Waals surface area (Å²) in [6.45, 7) is 7.98. The molecule has 58 valence electrons. The van der Waals surface area contributed by atoms with E-state index in [-0.39, 0.29) is 0 Å². The highest BCUT2D eigenvalue weighted by molar-refractivity contribution is 5.36. The van der Waals surface area contributed by atoms with Gasteiger partial charge in [0.15, 0.2) is 0 Å². The van der Waals surface area contributed by atoms with Crippen LogP contribution in [0.15, 0.2) is 18.3 Å². The number of aryl methyl sites for hydroxylation is 1. The fraction of sp³-hybridized carbons (Fsp3) is 0.200. The predicted molar refractivity (Wildman–Crippen MR) is 49.6 cm³/mol. The first kappa shape index (κ1) is 7.86. The molecule has 0 aromatic carbocycles. The number of allylic oxidation sites excluding steroid dienone is 2. The summed E-state index contributed by atoms with van der Waals surface area (Å²) >= 11 is 0. The third-order valence-corrected chi connectivity index (χ3v) is 1.70. The molecule has 0 saturated heterocycles. The normalized spacial score (nSPS) is 13.1. The highest BCUT2D eigenvalue weighted by atomic mass is 14.6. The Morgan fingerprint density at radius 2 is 2.27 bits per heavy atom. The van der Waals surface area contributed by atoms with Crippen LogP contribution in [-0.2, 0) is 0 Å². The molecule has 0 amide bonds. The van der Waals surface area contributed by atoms with Gasteiger partial charge in [-0.1, -0.05) is 18.7 Å². The van der Waals surface area contributed by atoms with Crippen LogP contribution in [-0.4, -0.2) is 4.98 Å². The molecule has 0 spiro atoms. The number of H-pyrrole nitrogens is 1. The molecule has 0 aliphatic carbocycles. The molecule has 0 bridgehead atoms. The lowest BCUT2D eigenvalue weighted by molar-refractivity contribution is 1.32. The van der Waals surface area contributed by atoms with E-state index >= 15 is 0 Å². The molecule has 1 nitrogen and oxygen atoms in total. The van der Waals surface area contributed by atoms with Crippen molar-refractivity contribution < 1.29 is 0 Å². The number of nitrogens with one attached hydrogen (secondary N) is 1. The molecule has 1 aromatic rings. The van der Waals surface area contributed by atoms with Crippen LogP contribution in [0.3, 0.4) is 0 Å². The van der Waals surface area contributed by atoms with Gasteiger partial charge in [-0.2, -0.15) is 0 Å². The van der Waals surface area contributed by atoms with E-state index in [4.69, 9.17) is 0 Å². The van der Waals surface area contributed by atoms with Crippen molar-refractivity contribution in [1.29, 1.82) is 0 Å². The Morgan fingerprint density at radius 3 is 2.73 bits per heavy atom. The summed E-state index contributed by atoms with van der Waals surface area (Å²) in [6.07, 6.45) is 7.99. The molecule has 0 aliphatic heterocycles. The molecular formula is C10H13N. The van der Waals surface area contributed by atoms with Gasteiger partial charge in [0, 0.05) is 11.5 Å². The zero-order valence-corrected chi connectivity index (χ0v) is 7.02. The van der Waals surface area contributed by atoms with Crippen molar-refractivity contribution in [1.82, 2.24) is 4.98 Å². The van der Waals surface area contributed by atoms with Gasteiger partial charge in [0.2, 0.25) is 0 Å². The van der Waals surface area contributed by atoms with Crippen molar-refractivity contribution in [3.63, 3.8) is 0 Å². The zero-order chi connectivity index (χ0) is 8.27. The van der Waals surface area contributed by atoms with Gasteiger partial charge in [-0.05, 0) is 30.7 Å². The van der Waals surface area contributed by atoms with Crippen LogP contribution in [0.2, 0.25) is 0 Å². The smallest absolute Gasteiger partial charge is 0.0450 e. The second-order valence-electron chi connectivity index (χ2n) is 2.56. The summed E-state index contributed by atoms with van der Waals surface area (Å²) in [5.41, 5.74) is 1.21. The van der Waals surface area contributed by atoms with Crippen molar-refractivity contribution in [3.05, 3.63) is 34.5 Å². The van der Waals surface area contributed by atoms with E-state index in [0.717, 1.165) is 10.6 Å². The molecule has 0 atom stereocenters. The molecular weight excluding hydrogens is 134 g/mol. The van der Waals surface area contributed by atoms with Crippen LogP contribution in [0.5, 0.6) is 0 Å². The molecule has 0 aliphatic rings. The second-order valence-corrected chi connectivity index (χ2v) is 2.56. The maximum Gasteiger partial charge on any atom is 0.0450 e. The number of hydrogen-bond donors (Lipinski definition) is 1. The summed E-state index contributed by atoms with van der Waals surface area (Å²) in [5.74, 6) is 0. The molecule has 11 heavy (non-hydrogen) atoms. The standard InChI is InChI=1S/C10H13N/c1-4-5-6-10-9(3)8(2)7-11-10/h4-7,11H,3H2,1-2H3/b5-4-,10-6+. The van der Waals surface area contributed by atoms with Crippen LogP contribution in [0, 0.1) is 6.92 Å². The average molecular weight is 147 g/mol. The Morgan fingerprint density at radius 1 is 1.55 bits per heavy atom. The van der Waals surface area contributed by atoms with E-state index in [9.17, 15) is 0 Å². The fourth-order valence-electron chi connectivity index (χ4n) is 0.914. The first-order valence-corrected chi connectivity index (χ1v) is 3.71. The van der Waals surface area contributed by atoms with Gasteiger partial charge < -0.3 is 4.98 Å². The van der Waals surface area contributed by atoms with Crippen LogP contribution in [0.1, 0.15) is 12.5 Å². The second kappa shape index (κ2) is 3.24. The van der Waals surface area contributed by atoms with E-state index in [1.165, 1.54) is 5.56 Å². The van der Waals surface area contributed by atoms with E-state index in [1.807, 2.05) is 38.3 Å². The van der Waals surface area contributed by atoms with E-state index in [2.05, 4.69) is 11.6 Å². The minimum atomic E-state index is 1.09. The lowest BCUT2D eigenvalue weighted by Crippen LogP contribution is -2.21. The minimum Gasteiger partial charge on any atom is -0.361 e. The van der Waals surface area contributed by atoms with Crippen molar-refractivity contribution >= 4 is 12.7 Å². The molecule has 1 heterocycles. The maximum absolute atomic E-state index is 3.94. The third-order valence-electron chi connectivity index (χ3n) is 1.70. The molecule has 1 heteroatoms. The quantitative estimate of drug-likeness (QED) is 0.612. The summed E-state index contributed by atoms with van der Waals surface area (Å²) in [4.78, 5) is 3.14.